The van der Waals surface area contributed by atoms with E-state index in [-0.39, 0.29) is 11.2 Å². The highest BCUT2D eigenvalue weighted by Crippen LogP contribution is 2.32. The van der Waals surface area contributed by atoms with Crippen molar-refractivity contribution in [3.8, 4) is 0 Å². The zero-order valence-corrected chi connectivity index (χ0v) is 11.4. The van der Waals surface area contributed by atoms with Crippen molar-refractivity contribution in [3.05, 3.63) is 0 Å². The number of rotatable bonds is 2. The largest absolute Gasteiger partial charge is 0.342 e. The van der Waals surface area contributed by atoms with E-state index < -0.39 is 0 Å². The molecule has 0 N–H and O–H groups in total. The van der Waals surface area contributed by atoms with Gasteiger partial charge in [0.2, 0.25) is 11.8 Å². The highest BCUT2D eigenvalue weighted by atomic mass is 32.1. The van der Waals surface area contributed by atoms with Gasteiger partial charge in [-0.2, -0.15) is 12.6 Å². The normalized spacial score (nSPS) is 30.1. The minimum Gasteiger partial charge on any atom is -0.342 e. The Balaban J connectivity index is 1.53. The number of piperidine rings is 1. The average Bonchev–Trinajstić information content (AvgIpc) is 3.15. The molecule has 4 nitrogen and oxygen atoms in total. The summed E-state index contributed by atoms with van der Waals surface area (Å²) in [6.45, 7) is 2.42. The number of carbonyl (C=O) groups is 2. The van der Waals surface area contributed by atoms with Gasteiger partial charge in [-0.3, -0.25) is 9.59 Å². The Bertz CT molecular complexity index is 362. The molecule has 3 aliphatic rings. The van der Waals surface area contributed by atoms with Crippen molar-refractivity contribution < 1.29 is 9.59 Å². The summed E-state index contributed by atoms with van der Waals surface area (Å²) in [5.74, 6) is 0.895. The third-order valence-electron chi connectivity index (χ3n) is 4.28. The van der Waals surface area contributed by atoms with Gasteiger partial charge < -0.3 is 9.80 Å². The van der Waals surface area contributed by atoms with Gasteiger partial charge in [0.15, 0.2) is 0 Å². The lowest BCUT2D eigenvalue weighted by molar-refractivity contribution is -0.135. The third kappa shape index (κ3) is 2.37. The summed E-state index contributed by atoms with van der Waals surface area (Å²) in [6, 6.07) is 0.331. The minimum atomic E-state index is 0.198. The Morgan fingerprint density at radius 2 is 1.83 bits per heavy atom. The Labute approximate surface area is 113 Å². The fourth-order valence-corrected chi connectivity index (χ4v) is 3.38. The summed E-state index contributed by atoms with van der Waals surface area (Å²) in [7, 11) is 0. The average molecular weight is 268 g/mol. The molecule has 0 spiro atoms. The highest BCUT2D eigenvalue weighted by molar-refractivity contribution is 7.81. The van der Waals surface area contributed by atoms with Gasteiger partial charge in [0.1, 0.15) is 0 Å². The first-order chi connectivity index (χ1) is 8.65. The van der Waals surface area contributed by atoms with Crippen LogP contribution >= 0.6 is 12.6 Å². The number of nitrogens with zero attached hydrogens (tertiary/aromatic N) is 2. The number of amides is 2. The smallest absolute Gasteiger partial charge is 0.225 e. The van der Waals surface area contributed by atoms with Crippen LogP contribution in [-0.4, -0.2) is 52.5 Å². The quantitative estimate of drug-likeness (QED) is 0.757. The van der Waals surface area contributed by atoms with Crippen LogP contribution in [0.4, 0.5) is 0 Å². The SMILES string of the molecule is O=C(C1CC1)N1CCC(N2CC(S)CC2=O)CC1. The maximum atomic E-state index is 11.9. The molecule has 2 saturated heterocycles. The predicted molar refractivity (Wildman–Crippen MR) is 71.4 cm³/mol. The molecule has 2 aliphatic heterocycles. The molecule has 1 aliphatic carbocycles. The van der Waals surface area contributed by atoms with Gasteiger partial charge in [-0.15, -0.1) is 0 Å². The first-order valence-corrected chi connectivity index (χ1v) is 7.43. The molecule has 0 aromatic carbocycles. The van der Waals surface area contributed by atoms with E-state index in [2.05, 4.69) is 12.6 Å². The molecular formula is C13H20N2O2S. The second kappa shape index (κ2) is 4.76. The summed E-state index contributed by atoms with van der Waals surface area (Å²) >= 11 is 4.39. The van der Waals surface area contributed by atoms with Crippen LogP contribution in [0.3, 0.4) is 0 Å². The lowest BCUT2D eigenvalue weighted by atomic mass is 10.0. The standard InChI is InChI=1S/C13H20N2O2S/c16-12-7-11(18)8-15(12)10-3-5-14(6-4-10)13(17)9-1-2-9/h9-11,18H,1-8H2. The van der Waals surface area contributed by atoms with Gasteiger partial charge in [0.25, 0.3) is 0 Å². The van der Waals surface area contributed by atoms with Crippen molar-refractivity contribution >= 4 is 24.4 Å². The molecule has 100 valence electrons. The lowest BCUT2D eigenvalue weighted by Gasteiger charge is -2.36. The van der Waals surface area contributed by atoms with E-state index in [1.165, 1.54) is 0 Å². The van der Waals surface area contributed by atoms with Crippen LogP contribution in [0.1, 0.15) is 32.1 Å². The second-order valence-electron chi connectivity index (χ2n) is 5.73. The van der Waals surface area contributed by atoms with E-state index >= 15 is 0 Å². The maximum absolute atomic E-state index is 11.9. The third-order valence-corrected chi connectivity index (χ3v) is 4.63. The first-order valence-electron chi connectivity index (χ1n) is 6.91. The summed E-state index contributed by atoms with van der Waals surface area (Å²) in [5.41, 5.74) is 0. The van der Waals surface area contributed by atoms with Crippen LogP contribution in [0.15, 0.2) is 0 Å². The summed E-state index contributed by atoms with van der Waals surface area (Å²) in [5, 5.41) is 0.198. The monoisotopic (exact) mass is 268 g/mol. The van der Waals surface area contributed by atoms with Crippen molar-refractivity contribution in [1.29, 1.82) is 0 Å². The molecule has 0 bridgehead atoms. The predicted octanol–water partition coefficient (Wildman–Crippen LogP) is 0.918. The number of carbonyl (C=O) groups excluding carboxylic acids is 2. The van der Waals surface area contributed by atoms with Gasteiger partial charge >= 0.3 is 0 Å². The van der Waals surface area contributed by atoms with Crippen molar-refractivity contribution in [2.45, 2.75) is 43.4 Å². The van der Waals surface area contributed by atoms with Crippen molar-refractivity contribution in [3.63, 3.8) is 0 Å². The van der Waals surface area contributed by atoms with Gasteiger partial charge in [-0.1, -0.05) is 0 Å². The van der Waals surface area contributed by atoms with Gasteiger partial charge in [0.05, 0.1) is 0 Å². The minimum absolute atomic E-state index is 0.198. The molecule has 3 rings (SSSR count). The molecule has 3 fully saturated rings. The molecule has 0 aromatic rings. The maximum Gasteiger partial charge on any atom is 0.225 e. The van der Waals surface area contributed by atoms with Crippen LogP contribution < -0.4 is 0 Å². The highest BCUT2D eigenvalue weighted by Gasteiger charge is 2.38. The molecule has 1 atom stereocenters. The Kier molecular flexibility index (Phi) is 3.26. The zero-order valence-electron chi connectivity index (χ0n) is 10.5. The number of thiol groups is 1. The molecule has 1 saturated carbocycles. The summed E-state index contributed by atoms with van der Waals surface area (Å²) in [4.78, 5) is 27.7. The van der Waals surface area contributed by atoms with Gasteiger partial charge in [0, 0.05) is 43.3 Å². The van der Waals surface area contributed by atoms with Crippen LogP contribution in [0, 0.1) is 5.92 Å². The summed E-state index contributed by atoms with van der Waals surface area (Å²) in [6.07, 6.45) is 4.59. The Hall–Kier alpha value is -0.710. The van der Waals surface area contributed by atoms with Crippen LogP contribution in [0.25, 0.3) is 0 Å². The Morgan fingerprint density at radius 3 is 2.33 bits per heavy atom. The molecule has 1 unspecified atom stereocenters. The van der Waals surface area contributed by atoms with E-state index in [0.29, 0.717) is 24.3 Å². The van der Waals surface area contributed by atoms with E-state index in [0.717, 1.165) is 45.3 Å². The Morgan fingerprint density at radius 1 is 1.17 bits per heavy atom. The van der Waals surface area contributed by atoms with Gasteiger partial charge in [-0.25, -0.2) is 0 Å². The number of hydrogen-bond donors (Lipinski definition) is 1. The van der Waals surface area contributed by atoms with E-state index in [9.17, 15) is 9.59 Å². The van der Waals surface area contributed by atoms with E-state index in [1.54, 1.807) is 0 Å². The topological polar surface area (TPSA) is 40.6 Å². The number of hydrogen-bond acceptors (Lipinski definition) is 3. The van der Waals surface area contributed by atoms with E-state index in [4.69, 9.17) is 0 Å². The molecule has 0 radical (unpaired) electrons. The zero-order chi connectivity index (χ0) is 12.7. The molecule has 5 heteroatoms. The fourth-order valence-electron chi connectivity index (χ4n) is 3.05. The van der Waals surface area contributed by atoms with Gasteiger partial charge in [-0.05, 0) is 25.7 Å². The first kappa shape index (κ1) is 12.3. The van der Waals surface area contributed by atoms with Crippen LogP contribution in [-0.2, 0) is 9.59 Å². The summed E-state index contributed by atoms with van der Waals surface area (Å²) < 4.78 is 0. The molecule has 18 heavy (non-hydrogen) atoms. The molecule has 0 aromatic heterocycles. The van der Waals surface area contributed by atoms with Crippen molar-refractivity contribution in [2.24, 2.45) is 5.92 Å². The van der Waals surface area contributed by atoms with Crippen LogP contribution in [0.2, 0.25) is 0 Å². The van der Waals surface area contributed by atoms with E-state index in [1.807, 2.05) is 9.80 Å². The number of likely N-dealkylation sites (tertiary alicyclic amines) is 2. The lowest BCUT2D eigenvalue weighted by Crippen LogP contribution is -2.47. The fraction of sp³-hybridized carbons (Fsp3) is 0.846. The van der Waals surface area contributed by atoms with Crippen molar-refractivity contribution in [1.82, 2.24) is 9.80 Å². The molecular weight excluding hydrogens is 248 g/mol. The second-order valence-corrected chi connectivity index (χ2v) is 6.47. The van der Waals surface area contributed by atoms with Crippen LogP contribution in [0.5, 0.6) is 0 Å². The van der Waals surface area contributed by atoms with Crippen molar-refractivity contribution in [2.75, 3.05) is 19.6 Å². The molecule has 2 heterocycles. The molecule has 2 amide bonds.